The van der Waals surface area contributed by atoms with Gasteiger partial charge in [-0.2, -0.15) is 0 Å². The predicted molar refractivity (Wildman–Crippen MR) is 96.6 cm³/mol. The van der Waals surface area contributed by atoms with Gasteiger partial charge in [-0.25, -0.2) is 0 Å². The van der Waals surface area contributed by atoms with Gasteiger partial charge in [0.2, 0.25) is 5.91 Å². The average molecular weight is 351 g/mol. The van der Waals surface area contributed by atoms with Gasteiger partial charge in [-0.1, -0.05) is 30.3 Å². The van der Waals surface area contributed by atoms with Crippen LogP contribution in [0.1, 0.15) is 18.5 Å². The highest BCUT2D eigenvalue weighted by atomic mass is 35.5. The Morgan fingerprint density at radius 2 is 1.67 bits per heavy atom. The Labute approximate surface area is 148 Å². The molecule has 0 aromatic heterocycles. The second kappa shape index (κ2) is 9.93. The highest BCUT2D eigenvalue weighted by Gasteiger charge is 2.16. The summed E-state index contributed by atoms with van der Waals surface area (Å²) in [5.74, 6) is 1.30. The van der Waals surface area contributed by atoms with E-state index in [-0.39, 0.29) is 31.0 Å². The summed E-state index contributed by atoms with van der Waals surface area (Å²) in [5.41, 5.74) is 6.68. The van der Waals surface area contributed by atoms with Gasteiger partial charge < -0.3 is 20.5 Å². The third-order valence-electron chi connectivity index (χ3n) is 3.40. The summed E-state index contributed by atoms with van der Waals surface area (Å²) in [4.78, 5) is 11.9. The molecule has 0 aliphatic rings. The number of amides is 1. The fourth-order valence-corrected chi connectivity index (χ4v) is 2.11. The number of hydrogen-bond acceptors (Lipinski definition) is 4. The van der Waals surface area contributed by atoms with Gasteiger partial charge in [-0.3, -0.25) is 4.79 Å². The molecule has 2 aromatic rings. The Morgan fingerprint density at radius 3 is 2.25 bits per heavy atom. The highest BCUT2D eigenvalue weighted by molar-refractivity contribution is 5.85. The van der Waals surface area contributed by atoms with Crippen LogP contribution in [0.15, 0.2) is 54.6 Å². The van der Waals surface area contributed by atoms with E-state index in [1.165, 1.54) is 7.11 Å². The SMILES string of the molecule is COCC(N)C(=O)NC(C)c1ccc(Oc2ccccc2)cc1.Cl. The number of para-hydroxylation sites is 1. The maximum Gasteiger partial charge on any atom is 0.239 e. The molecule has 5 nitrogen and oxygen atoms in total. The zero-order valence-corrected chi connectivity index (χ0v) is 14.6. The molecule has 0 aliphatic carbocycles. The zero-order chi connectivity index (χ0) is 16.7. The number of carbonyl (C=O) groups is 1. The fraction of sp³-hybridized carbons (Fsp3) is 0.278. The van der Waals surface area contributed by atoms with E-state index in [4.69, 9.17) is 15.2 Å². The van der Waals surface area contributed by atoms with Crippen LogP contribution in [0.2, 0.25) is 0 Å². The van der Waals surface area contributed by atoms with Crippen LogP contribution in [0.3, 0.4) is 0 Å². The number of nitrogens with two attached hydrogens (primary N) is 1. The summed E-state index contributed by atoms with van der Waals surface area (Å²) in [6.07, 6.45) is 0. The van der Waals surface area contributed by atoms with Gasteiger partial charge >= 0.3 is 0 Å². The molecule has 130 valence electrons. The quantitative estimate of drug-likeness (QED) is 0.805. The number of nitrogens with one attached hydrogen (secondary N) is 1. The predicted octanol–water partition coefficient (Wildman–Crippen LogP) is 3.05. The maximum atomic E-state index is 11.9. The molecule has 2 unspecified atom stereocenters. The molecule has 2 atom stereocenters. The van der Waals surface area contributed by atoms with Crippen molar-refractivity contribution in [2.45, 2.75) is 19.0 Å². The van der Waals surface area contributed by atoms with Crippen molar-refractivity contribution in [2.24, 2.45) is 5.73 Å². The van der Waals surface area contributed by atoms with E-state index in [1.54, 1.807) is 0 Å². The van der Waals surface area contributed by atoms with Crippen molar-refractivity contribution in [3.63, 3.8) is 0 Å². The summed E-state index contributed by atoms with van der Waals surface area (Å²) in [6.45, 7) is 2.10. The Balaban J connectivity index is 0.00000288. The molecule has 2 aromatic carbocycles. The lowest BCUT2D eigenvalue weighted by Crippen LogP contribution is -2.44. The molecule has 0 aliphatic heterocycles. The highest BCUT2D eigenvalue weighted by Crippen LogP contribution is 2.23. The van der Waals surface area contributed by atoms with Crippen LogP contribution in [-0.2, 0) is 9.53 Å². The van der Waals surface area contributed by atoms with E-state index in [0.717, 1.165) is 17.1 Å². The largest absolute Gasteiger partial charge is 0.457 e. The van der Waals surface area contributed by atoms with Gasteiger partial charge in [0.1, 0.15) is 17.5 Å². The van der Waals surface area contributed by atoms with E-state index >= 15 is 0 Å². The molecule has 0 bridgehead atoms. The molecule has 0 heterocycles. The number of ether oxygens (including phenoxy) is 2. The van der Waals surface area contributed by atoms with Crippen LogP contribution >= 0.6 is 12.4 Å². The summed E-state index contributed by atoms with van der Waals surface area (Å²) in [5, 5.41) is 2.87. The van der Waals surface area contributed by atoms with Gasteiger partial charge in [0, 0.05) is 7.11 Å². The van der Waals surface area contributed by atoms with E-state index in [9.17, 15) is 4.79 Å². The smallest absolute Gasteiger partial charge is 0.239 e. The Kier molecular flexibility index (Phi) is 8.26. The first-order chi connectivity index (χ1) is 11.1. The van der Waals surface area contributed by atoms with Crippen LogP contribution in [0.5, 0.6) is 11.5 Å². The third kappa shape index (κ3) is 5.85. The minimum absolute atomic E-state index is 0. The number of rotatable bonds is 7. The van der Waals surface area contributed by atoms with E-state index in [2.05, 4.69) is 5.32 Å². The molecule has 24 heavy (non-hydrogen) atoms. The van der Waals surface area contributed by atoms with Crippen molar-refractivity contribution in [2.75, 3.05) is 13.7 Å². The molecule has 0 spiro atoms. The Bertz CT molecular complexity index is 620. The lowest BCUT2D eigenvalue weighted by atomic mass is 10.1. The lowest BCUT2D eigenvalue weighted by Gasteiger charge is -2.18. The number of hydrogen-bond donors (Lipinski definition) is 2. The second-order valence-electron chi connectivity index (χ2n) is 5.28. The van der Waals surface area contributed by atoms with Crippen LogP contribution in [0, 0.1) is 0 Å². The summed E-state index contributed by atoms with van der Waals surface area (Å²) in [7, 11) is 1.52. The first-order valence-electron chi connectivity index (χ1n) is 7.48. The van der Waals surface area contributed by atoms with Crippen molar-refractivity contribution >= 4 is 18.3 Å². The first-order valence-corrected chi connectivity index (χ1v) is 7.48. The molecule has 6 heteroatoms. The van der Waals surface area contributed by atoms with Crippen molar-refractivity contribution in [3.05, 3.63) is 60.2 Å². The van der Waals surface area contributed by atoms with Crippen molar-refractivity contribution < 1.29 is 14.3 Å². The monoisotopic (exact) mass is 350 g/mol. The second-order valence-corrected chi connectivity index (χ2v) is 5.28. The normalized spacial score (nSPS) is 12.6. The van der Waals surface area contributed by atoms with Gasteiger partial charge in [0.25, 0.3) is 0 Å². The van der Waals surface area contributed by atoms with Gasteiger partial charge in [0.15, 0.2) is 0 Å². The van der Waals surface area contributed by atoms with Crippen molar-refractivity contribution in [3.8, 4) is 11.5 Å². The molecule has 0 saturated heterocycles. The average Bonchev–Trinajstić information content (AvgIpc) is 2.56. The fourth-order valence-electron chi connectivity index (χ4n) is 2.11. The van der Waals surface area contributed by atoms with Crippen LogP contribution in [0.4, 0.5) is 0 Å². The molecule has 2 rings (SSSR count). The van der Waals surface area contributed by atoms with E-state index < -0.39 is 6.04 Å². The van der Waals surface area contributed by atoms with Crippen molar-refractivity contribution in [1.29, 1.82) is 0 Å². The van der Waals surface area contributed by atoms with Crippen molar-refractivity contribution in [1.82, 2.24) is 5.32 Å². The number of benzene rings is 2. The zero-order valence-electron chi connectivity index (χ0n) is 13.8. The Morgan fingerprint density at radius 1 is 1.08 bits per heavy atom. The number of halogens is 1. The van der Waals surface area contributed by atoms with Gasteiger partial charge in [-0.05, 0) is 36.8 Å². The van der Waals surface area contributed by atoms with Gasteiger partial charge in [0.05, 0.1) is 12.6 Å². The van der Waals surface area contributed by atoms with E-state index in [1.807, 2.05) is 61.5 Å². The number of carbonyl (C=O) groups excluding carboxylic acids is 1. The van der Waals surface area contributed by atoms with Crippen LogP contribution < -0.4 is 15.8 Å². The van der Waals surface area contributed by atoms with Crippen LogP contribution in [-0.4, -0.2) is 25.7 Å². The Hall–Kier alpha value is -2.08. The molecule has 0 fully saturated rings. The number of methoxy groups -OCH3 is 1. The minimum Gasteiger partial charge on any atom is -0.457 e. The van der Waals surface area contributed by atoms with E-state index in [0.29, 0.717) is 0 Å². The summed E-state index contributed by atoms with van der Waals surface area (Å²) in [6, 6.07) is 16.4. The summed E-state index contributed by atoms with van der Waals surface area (Å²) < 4.78 is 10.6. The molecule has 1 amide bonds. The summed E-state index contributed by atoms with van der Waals surface area (Å²) >= 11 is 0. The molecule has 0 radical (unpaired) electrons. The lowest BCUT2D eigenvalue weighted by molar-refractivity contribution is -0.124. The standard InChI is InChI=1S/C18H22N2O3.ClH/c1-13(20-18(21)17(19)12-22-2)14-8-10-16(11-9-14)23-15-6-4-3-5-7-15;/h3-11,13,17H,12,19H2,1-2H3,(H,20,21);1H. The third-order valence-corrected chi connectivity index (χ3v) is 3.40. The van der Waals surface area contributed by atoms with Gasteiger partial charge in [-0.15, -0.1) is 12.4 Å². The first kappa shape index (κ1) is 20.0. The van der Waals surface area contributed by atoms with Crippen LogP contribution in [0.25, 0.3) is 0 Å². The topological polar surface area (TPSA) is 73.6 Å². The maximum absolute atomic E-state index is 11.9. The molecule has 0 saturated carbocycles. The molecular formula is C18H23ClN2O3. The molecule has 3 N–H and O–H groups in total. The molecular weight excluding hydrogens is 328 g/mol. The minimum atomic E-state index is -0.664.